The van der Waals surface area contributed by atoms with Crippen molar-refractivity contribution in [2.45, 2.75) is 0 Å². The average molecular weight is 367 g/mol. The zero-order valence-electron chi connectivity index (χ0n) is 15.7. The van der Waals surface area contributed by atoms with Crippen LogP contribution in [-0.4, -0.2) is 4.98 Å². The fraction of sp³-hybridized carbons (Fsp3) is 0. The minimum atomic E-state index is 1.19. The molecule has 0 atom stereocenters. The molecule has 7 rings (SSSR count). The van der Waals surface area contributed by atoms with Crippen LogP contribution in [0.4, 0.5) is 0 Å². The first-order valence-electron chi connectivity index (χ1n) is 10.1. The molecule has 1 nitrogen and oxygen atoms in total. The monoisotopic (exact) mass is 367 g/mol. The predicted octanol–water partition coefficient (Wildman–Crippen LogP) is 7.93. The Kier molecular flexibility index (Phi) is 2.80. The summed E-state index contributed by atoms with van der Waals surface area (Å²) >= 11 is 0. The van der Waals surface area contributed by atoms with Gasteiger partial charge in [0.1, 0.15) is 0 Å². The highest BCUT2D eigenvalue weighted by Crippen LogP contribution is 2.45. The summed E-state index contributed by atoms with van der Waals surface area (Å²) in [7, 11) is 0. The van der Waals surface area contributed by atoms with Gasteiger partial charge in [0, 0.05) is 27.1 Å². The number of rotatable bonds is 0. The molecule has 1 aromatic heterocycles. The van der Waals surface area contributed by atoms with E-state index in [4.69, 9.17) is 0 Å². The van der Waals surface area contributed by atoms with Crippen LogP contribution in [0.5, 0.6) is 0 Å². The van der Waals surface area contributed by atoms with Gasteiger partial charge in [-0.2, -0.15) is 0 Å². The van der Waals surface area contributed by atoms with Crippen LogP contribution in [0.15, 0.2) is 97.1 Å². The second kappa shape index (κ2) is 5.36. The van der Waals surface area contributed by atoms with Crippen molar-refractivity contribution in [2.24, 2.45) is 0 Å². The summed E-state index contributed by atoms with van der Waals surface area (Å²) in [6.45, 7) is 0. The van der Waals surface area contributed by atoms with E-state index in [0.29, 0.717) is 0 Å². The SMILES string of the molecule is c1ccc2c(c1)[nH]c1c3ccccc3c3c4ccccc4c4ccccc4c3c21. The fourth-order valence-corrected chi connectivity index (χ4v) is 5.20. The number of aromatic amines is 1. The molecule has 0 spiro atoms. The first kappa shape index (κ1) is 15.1. The predicted molar refractivity (Wildman–Crippen MR) is 126 cm³/mol. The second-order valence-electron chi connectivity index (χ2n) is 7.81. The zero-order chi connectivity index (χ0) is 18.9. The molecule has 0 fully saturated rings. The number of H-pyrrole nitrogens is 1. The number of para-hydroxylation sites is 1. The van der Waals surface area contributed by atoms with E-state index in [2.05, 4.69) is 102 Å². The van der Waals surface area contributed by atoms with E-state index in [1.54, 1.807) is 0 Å². The molecule has 6 aromatic carbocycles. The highest BCUT2D eigenvalue weighted by Gasteiger charge is 2.18. The largest absolute Gasteiger partial charge is 0.354 e. The van der Waals surface area contributed by atoms with E-state index in [-0.39, 0.29) is 0 Å². The number of hydrogen-bond acceptors (Lipinski definition) is 0. The van der Waals surface area contributed by atoms with Gasteiger partial charge in [-0.1, -0.05) is 91.0 Å². The molecule has 0 aliphatic rings. The van der Waals surface area contributed by atoms with Gasteiger partial charge in [0.15, 0.2) is 0 Å². The maximum Gasteiger partial charge on any atom is 0.0551 e. The standard InChI is InChI=1S/C28H17N/c1-3-11-19-17(9-1)18-10-2-4-12-20(18)26-25(19)21-13-5-6-14-22(21)28-27(26)23-15-7-8-16-24(23)29-28/h1-16,29H. The Morgan fingerprint density at radius 1 is 0.345 bits per heavy atom. The summed E-state index contributed by atoms with van der Waals surface area (Å²) in [6, 6.07) is 35.2. The van der Waals surface area contributed by atoms with Crippen LogP contribution >= 0.6 is 0 Å². The van der Waals surface area contributed by atoms with Crippen LogP contribution in [0.3, 0.4) is 0 Å². The lowest BCUT2D eigenvalue weighted by molar-refractivity contribution is 1.57. The summed E-state index contributed by atoms with van der Waals surface area (Å²) in [4.78, 5) is 3.73. The number of nitrogens with one attached hydrogen (secondary N) is 1. The lowest BCUT2D eigenvalue weighted by atomic mass is 9.88. The zero-order valence-corrected chi connectivity index (χ0v) is 15.7. The molecule has 1 N–H and O–H groups in total. The molecule has 0 aliphatic heterocycles. The third-order valence-corrected chi connectivity index (χ3v) is 6.35. The number of fused-ring (bicyclic) bond motifs is 13. The second-order valence-corrected chi connectivity index (χ2v) is 7.81. The first-order chi connectivity index (χ1) is 14.4. The van der Waals surface area contributed by atoms with Gasteiger partial charge in [-0.3, -0.25) is 0 Å². The minimum absolute atomic E-state index is 1.19. The molecule has 0 unspecified atom stereocenters. The van der Waals surface area contributed by atoms with Crippen molar-refractivity contribution >= 4 is 64.9 Å². The molecule has 0 saturated heterocycles. The third kappa shape index (κ3) is 1.85. The normalized spacial score (nSPS) is 12.1. The number of benzene rings is 6. The van der Waals surface area contributed by atoms with Crippen molar-refractivity contribution in [3.05, 3.63) is 97.1 Å². The quantitative estimate of drug-likeness (QED) is 0.262. The third-order valence-electron chi connectivity index (χ3n) is 6.35. The van der Waals surface area contributed by atoms with E-state index >= 15 is 0 Å². The maximum atomic E-state index is 3.73. The van der Waals surface area contributed by atoms with E-state index in [1.807, 2.05) is 0 Å². The molecule has 0 amide bonds. The molecule has 0 aliphatic carbocycles. The lowest BCUT2D eigenvalue weighted by Crippen LogP contribution is -1.87. The van der Waals surface area contributed by atoms with Crippen LogP contribution in [0.2, 0.25) is 0 Å². The van der Waals surface area contributed by atoms with Crippen LogP contribution in [0, 0.1) is 0 Å². The molecule has 29 heavy (non-hydrogen) atoms. The summed E-state index contributed by atoms with van der Waals surface area (Å²) < 4.78 is 0. The molecule has 0 bridgehead atoms. The Morgan fingerprint density at radius 3 is 1.45 bits per heavy atom. The molecule has 7 aromatic rings. The molecule has 1 heterocycles. The van der Waals surface area contributed by atoms with Crippen LogP contribution in [-0.2, 0) is 0 Å². The molecular formula is C28H17N. The molecule has 134 valence electrons. The number of aromatic nitrogens is 1. The van der Waals surface area contributed by atoms with Crippen LogP contribution in [0.1, 0.15) is 0 Å². The summed E-state index contributed by atoms with van der Waals surface area (Å²) in [5, 5.41) is 13.2. The Labute approximate surface area is 167 Å². The van der Waals surface area contributed by atoms with E-state index in [1.165, 1.54) is 64.9 Å². The van der Waals surface area contributed by atoms with Gasteiger partial charge >= 0.3 is 0 Å². The Morgan fingerprint density at radius 2 is 0.793 bits per heavy atom. The Bertz CT molecular complexity index is 1750. The first-order valence-corrected chi connectivity index (χ1v) is 10.1. The van der Waals surface area contributed by atoms with Gasteiger partial charge in [0.25, 0.3) is 0 Å². The van der Waals surface area contributed by atoms with Gasteiger partial charge in [0.05, 0.1) is 5.52 Å². The van der Waals surface area contributed by atoms with E-state index < -0.39 is 0 Å². The van der Waals surface area contributed by atoms with E-state index in [0.717, 1.165) is 0 Å². The van der Waals surface area contributed by atoms with Gasteiger partial charge in [-0.05, 0) is 38.4 Å². The van der Waals surface area contributed by atoms with Crippen molar-refractivity contribution in [1.82, 2.24) is 4.98 Å². The summed E-state index contributed by atoms with van der Waals surface area (Å²) in [6.07, 6.45) is 0. The smallest absolute Gasteiger partial charge is 0.0551 e. The molecule has 1 heteroatoms. The Balaban J connectivity index is 2.00. The van der Waals surface area contributed by atoms with Crippen LogP contribution in [0.25, 0.3) is 64.9 Å². The van der Waals surface area contributed by atoms with Crippen molar-refractivity contribution in [1.29, 1.82) is 0 Å². The Hall–Kier alpha value is -3.84. The number of hydrogen-bond donors (Lipinski definition) is 1. The summed E-state index contributed by atoms with van der Waals surface area (Å²) in [5.74, 6) is 0. The van der Waals surface area contributed by atoms with Crippen molar-refractivity contribution in [2.75, 3.05) is 0 Å². The molecular weight excluding hydrogens is 350 g/mol. The van der Waals surface area contributed by atoms with Gasteiger partial charge in [0.2, 0.25) is 0 Å². The lowest BCUT2D eigenvalue weighted by Gasteiger charge is -2.14. The van der Waals surface area contributed by atoms with Gasteiger partial charge < -0.3 is 4.98 Å². The highest BCUT2D eigenvalue weighted by molar-refractivity contribution is 6.42. The fourth-order valence-electron chi connectivity index (χ4n) is 5.20. The van der Waals surface area contributed by atoms with E-state index in [9.17, 15) is 0 Å². The highest BCUT2D eigenvalue weighted by atomic mass is 14.7. The molecule has 0 saturated carbocycles. The van der Waals surface area contributed by atoms with Crippen molar-refractivity contribution < 1.29 is 0 Å². The van der Waals surface area contributed by atoms with Crippen molar-refractivity contribution in [3.8, 4) is 0 Å². The van der Waals surface area contributed by atoms with Crippen molar-refractivity contribution in [3.63, 3.8) is 0 Å². The summed E-state index contributed by atoms with van der Waals surface area (Å²) in [5.41, 5.74) is 2.42. The van der Waals surface area contributed by atoms with Gasteiger partial charge in [-0.25, -0.2) is 0 Å². The average Bonchev–Trinajstić information content (AvgIpc) is 3.19. The van der Waals surface area contributed by atoms with Gasteiger partial charge in [-0.15, -0.1) is 0 Å². The van der Waals surface area contributed by atoms with Crippen LogP contribution < -0.4 is 0 Å². The minimum Gasteiger partial charge on any atom is -0.354 e. The topological polar surface area (TPSA) is 15.8 Å². The maximum absolute atomic E-state index is 3.73. The molecule has 0 radical (unpaired) electrons.